The van der Waals surface area contributed by atoms with Crippen LogP contribution in [0.4, 0.5) is 11.4 Å². The zero-order valence-electron chi connectivity index (χ0n) is 15.3. The first-order chi connectivity index (χ1) is 13.4. The Morgan fingerprint density at radius 2 is 1.64 bits per heavy atom. The fourth-order valence-electron chi connectivity index (χ4n) is 3.79. The van der Waals surface area contributed by atoms with Gasteiger partial charge in [-0.3, -0.25) is 19.3 Å². The van der Waals surface area contributed by atoms with Crippen LogP contribution in [0.1, 0.15) is 30.1 Å². The van der Waals surface area contributed by atoms with E-state index in [4.69, 9.17) is 0 Å². The van der Waals surface area contributed by atoms with Crippen LogP contribution in [0, 0.1) is 15.4 Å². The Labute approximate surface area is 176 Å². The second-order valence-electron chi connectivity index (χ2n) is 7.22. The van der Waals surface area contributed by atoms with Crippen molar-refractivity contribution in [1.29, 1.82) is 0 Å². The molecule has 2 aromatic carbocycles. The lowest BCUT2D eigenvalue weighted by atomic mass is 9.82. The summed E-state index contributed by atoms with van der Waals surface area (Å²) in [4.78, 5) is 39.2. The number of carbonyl (C=O) groups excluding carboxylic acids is 3. The van der Waals surface area contributed by atoms with E-state index in [2.05, 4.69) is 27.9 Å². The third-order valence-electron chi connectivity index (χ3n) is 5.31. The summed E-state index contributed by atoms with van der Waals surface area (Å²) in [6.07, 6.45) is 3.31. The maximum atomic E-state index is 12.8. The minimum absolute atomic E-state index is 0.140. The van der Waals surface area contributed by atoms with Crippen molar-refractivity contribution in [2.45, 2.75) is 19.8 Å². The number of carbonyl (C=O) groups is 3. The highest BCUT2D eigenvalue weighted by Crippen LogP contribution is 2.39. The molecule has 1 N–H and O–H groups in total. The van der Waals surface area contributed by atoms with Crippen LogP contribution in [0.15, 0.2) is 60.2 Å². The molecule has 0 bridgehead atoms. The number of nitrogens with zero attached hydrogens (tertiary/aromatic N) is 1. The molecule has 1 fully saturated rings. The Kier molecular flexibility index (Phi) is 5.05. The number of fused-ring (bicyclic) bond motifs is 1. The molecule has 2 aliphatic rings. The zero-order chi connectivity index (χ0) is 19.8. The molecule has 0 unspecified atom stereocenters. The molecule has 2 aromatic rings. The van der Waals surface area contributed by atoms with E-state index < -0.39 is 0 Å². The molecular weight excluding hydrogens is 467 g/mol. The smallest absolute Gasteiger partial charge is 0.255 e. The Balaban J connectivity index is 1.50. The van der Waals surface area contributed by atoms with Gasteiger partial charge in [-0.15, -0.1) is 0 Å². The average Bonchev–Trinajstić information content (AvgIpc) is 2.93. The van der Waals surface area contributed by atoms with Crippen LogP contribution < -0.4 is 10.2 Å². The maximum absolute atomic E-state index is 12.8. The summed E-state index contributed by atoms with van der Waals surface area (Å²) in [6, 6.07) is 14.1. The van der Waals surface area contributed by atoms with Gasteiger partial charge in [-0.25, -0.2) is 0 Å². The van der Waals surface area contributed by atoms with Gasteiger partial charge in [-0.1, -0.05) is 11.6 Å². The number of nitrogens with one attached hydrogen (secondary N) is 1. The van der Waals surface area contributed by atoms with Gasteiger partial charge in [0, 0.05) is 14.8 Å². The largest absolute Gasteiger partial charge is 0.322 e. The summed E-state index contributed by atoms with van der Waals surface area (Å²) in [5.41, 5.74) is 2.86. The number of rotatable bonds is 3. The topological polar surface area (TPSA) is 66.5 Å². The number of allylic oxidation sites excluding steroid dienone is 2. The van der Waals surface area contributed by atoms with Crippen molar-refractivity contribution >= 4 is 51.7 Å². The molecule has 1 heterocycles. The van der Waals surface area contributed by atoms with Gasteiger partial charge in [0.15, 0.2) is 0 Å². The minimum atomic E-state index is -0.264. The lowest BCUT2D eigenvalue weighted by Crippen LogP contribution is -2.30. The van der Waals surface area contributed by atoms with E-state index in [1.165, 1.54) is 4.90 Å². The predicted molar refractivity (Wildman–Crippen MR) is 116 cm³/mol. The highest BCUT2D eigenvalue weighted by atomic mass is 127. The molecule has 5 nitrogen and oxygen atoms in total. The first-order valence-corrected chi connectivity index (χ1v) is 10.2. The average molecular weight is 486 g/mol. The fraction of sp³-hybridized carbons (Fsp3) is 0.227. The van der Waals surface area contributed by atoms with Crippen LogP contribution in [0.2, 0.25) is 0 Å². The number of benzene rings is 2. The van der Waals surface area contributed by atoms with Crippen LogP contribution in [0.5, 0.6) is 0 Å². The summed E-state index contributed by atoms with van der Waals surface area (Å²) >= 11 is 2.20. The van der Waals surface area contributed by atoms with Crippen molar-refractivity contribution in [2.75, 3.05) is 10.2 Å². The molecule has 0 spiro atoms. The van der Waals surface area contributed by atoms with Crippen LogP contribution in [0.3, 0.4) is 0 Å². The van der Waals surface area contributed by atoms with E-state index >= 15 is 0 Å². The summed E-state index contributed by atoms with van der Waals surface area (Å²) < 4.78 is 1.09. The van der Waals surface area contributed by atoms with Crippen molar-refractivity contribution in [1.82, 2.24) is 0 Å². The molecule has 28 heavy (non-hydrogen) atoms. The van der Waals surface area contributed by atoms with Crippen LogP contribution in [-0.2, 0) is 9.59 Å². The molecule has 0 aromatic heterocycles. The Hall–Kier alpha value is -2.48. The summed E-state index contributed by atoms with van der Waals surface area (Å²) in [5.74, 6) is -1.05. The van der Waals surface area contributed by atoms with Gasteiger partial charge in [-0.2, -0.15) is 0 Å². The summed E-state index contributed by atoms with van der Waals surface area (Å²) in [6.45, 7) is 2.00. The second kappa shape index (κ2) is 7.50. The second-order valence-corrected chi connectivity index (χ2v) is 8.47. The number of amides is 3. The van der Waals surface area contributed by atoms with E-state index in [0.29, 0.717) is 29.8 Å². The molecule has 1 aliphatic heterocycles. The number of imide groups is 1. The highest BCUT2D eigenvalue weighted by molar-refractivity contribution is 14.1. The van der Waals surface area contributed by atoms with E-state index in [0.717, 1.165) is 9.14 Å². The van der Waals surface area contributed by atoms with Crippen molar-refractivity contribution < 1.29 is 14.4 Å². The molecule has 1 aliphatic carbocycles. The van der Waals surface area contributed by atoms with Crippen molar-refractivity contribution in [3.63, 3.8) is 0 Å². The van der Waals surface area contributed by atoms with Crippen LogP contribution in [-0.4, -0.2) is 17.7 Å². The SMILES string of the molecule is CC1=CC[C@@H]2C(=O)N(c3ccc(C(=O)Nc4ccc(I)cc4)cc3)C(=O)[C@H]2C1. The summed E-state index contributed by atoms with van der Waals surface area (Å²) in [7, 11) is 0. The van der Waals surface area contributed by atoms with Gasteiger partial charge >= 0.3 is 0 Å². The molecule has 142 valence electrons. The van der Waals surface area contributed by atoms with Gasteiger partial charge in [0.2, 0.25) is 11.8 Å². The Morgan fingerprint density at radius 1 is 1.00 bits per heavy atom. The highest BCUT2D eigenvalue weighted by Gasteiger charge is 2.48. The number of anilines is 2. The van der Waals surface area contributed by atoms with Gasteiger partial charge in [0.1, 0.15) is 0 Å². The molecule has 0 saturated carbocycles. The number of hydrogen-bond acceptors (Lipinski definition) is 3. The quantitative estimate of drug-likeness (QED) is 0.398. The first-order valence-electron chi connectivity index (χ1n) is 9.14. The van der Waals surface area contributed by atoms with Gasteiger partial charge in [-0.05, 0) is 90.9 Å². The monoisotopic (exact) mass is 486 g/mol. The molecular formula is C22H19IN2O3. The lowest BCUT2D eigenvalue weighted by molar-refractivity contribution is -0.122. The van der Waals surface area contributed by atoms with Gasteiger partial charge in [0.25, 0.3) is 5.91 Å². The summed E-state index contributed by atoms with van der Waals surface area (Å²) in [5, 5.41) is 2.84. The van der Waals surface area contributed by atoms with Crippen LogP contribution in [0.25, 0.3) is 0 Å². The molecule has 3 amide bonds. The van der Waals surface area contributed by atoms with E-state index in [1.54, 1.807) is 24.3 Å². The standard InChI is InChI=1S/C22H19IN2O3/c1-13-2-11-18-19(12-13)22(28)25(21(18)27)17-9-3-14(4-10-17)20(26)24-16-7-5-15(23)6-8-16/h2-10,18-19H,11-12H2,1H3,(H,24,26)/t18-,19-/m0/s1. The molecule has 4 rings (SSSR count). The van der Waals surface area contributed by atoms with Crippen LogP contribution >= 0.6 is 22.6 Å². The molecule has 6 heteroatoms. The van der Waals surface area contributed by atoms with Crippen molar-refractivity contribution in [3.8, 4) is 0 Å². The normalized spacial score (nSPS) is 21.4. The molecule has 1 saturated heterocycles. The third kappa shape index (κ3) is 3.48. The Bertz CT molecular complexity index is 980. The predicted octanol–water partition coefficient (Wildman–Crippen LogP) is 4.39. The zero-order valence-corrected chi connectivity index (χ0v) is 17.5. The van der Waals surface area contributed by atoms with Gasteiger partial charge in [0.05, 0.1) is 17.5 Å². The number of hydrogen-bond donors (Lipinski definition) is 1. The van der Waals surface area contributed by atoms with Crippen molar-refractivity contribution in [2.24, 2.45) is 11.8 Å². The molecule has 0 radical (unpaired) electrons. The first kappa shape index (κ1) is 18.9. The number of halogens is 1. The van der Waals surface area contributed by atoms with Crippen molar-refractivity contribution in [3.05, 3.63) is 69.3 Å². The van der Waals surface area contributed by atoms with E-state index in [1.807, 2.05) is 37.3 Å². The Morgan fingerprint density at radius 3 is 2.32 bits per heavy atom. The van der Waals surface area contributed by atoms with E-state index in [9.17, 15) is 14.4 Å². The maximum Gasteiger partial charge on any atom is 0.255 e. The third-order valence-corrected chi connectivity index (χ3v) is 6.03. The fourth-order valence-corrected chi connectivity index (χ4v) is 4.15. The lowest BCUT2D eigenvalue weighted by Gasteiger charge is -2.18. The minimum Gasteiger partial charge on any atom is -0.322 e. The van der Waals surface area contributed by atoms with E-state index in [-0.39, 0.29) is 29.6 Å². The molecule has 2 atom stereocenters. The van der Waals surface area contributed by atoms with Gasteiger partial charge < -0.3 is 5.32 Å².